The first-order valence-electron chi connectivity index (χ1n) is 5.95. The van der Waals surface area contributed by atoms with Gasteiger partial charge in [0.05, 0.1) is 0 Å². The molecule has 0 unspecified atom stereocenters. The Morgan fingerprint density at radius 1 is 1.33 bits per heavy atom. The van der Waals surface area contributed by atoms with Gasteiger partial charge in [0.2, 0.25) is 0 Å². The van der Waals surface area contributed by atoms with Crippen molar-refractivity contribution in [1.29, 1.82) is 0 Å². The summed E-state index contributed by atoms with van der Waals surface area (Å²) in [5.74, 6) is 0.521. The minimum absolute atomic E-state index is 0.0109. The van der Waals surface area contributed by atoms with Crippen LogP contribution in [0.1, 0.15) is 37.2 Å². The Labute approximate surface area is 106 Å². The average molecular weight is 244 g/mol. The number of furan rings is 1. The molecule has 1 heterocycles. The topological polar surface area (TPSA) is 50.4 Å². The van der Waals surface area contributed by atoms with Gasteiger partial charge in [-0.2, -0.15) is 0 Å². The number of phenolic OH excluding ortho intramolecular Hbond substituents is 1. The van der Waals surface area contributed by atoms with Gasteiger partial charge < -0.3 is 9.52 Å². The van der Waals surface area contributed by atoms with Crippen molar-refractivity contribution >= 4 is 16.8 Å². The molecule has 1 aromatic heterocycles. The smallest absolute Gasteiger partial charge is 0.198 e. The zero-order valence-electron chi connectivity index (χ0n) is 10.6. The Balaban J connectivity index is 2.15. The molecule has 0 saturated heterocycles. The molecule has 0 atom stereocenters. The van der Waals surface area contributed by atoms with Crippen molar-refractivity contribution in [1.82, 2.24) is 0 Å². The first-order valence-corrected chi connectivity index (χ1v) is 5.95. The van der Waals surface area contributed by atoms with Crippen molar-refractivity contribution in [2.75, 3.05) is 0 Å². The third kappa shape index (κ3) is 2.80. The largest absolute Gasteiger partial charge is 0.508 e. The predicted octanol–water partition coefficient (Wildman–Crippen LogP) is 4.07. The van der Waals surface area contributed by atoms with Crippen LogP contribution in [0, 0.1) is 0 Å². The summed E-state index contributed by atoms with van der Waals surface area (Å²) in [5.41, 5.74) is 1.83. The number of carbonyl (C=O) groups excluding carboxylic acids is 1. The molecule has 94 valence electrons. The highest BCUT2D eigenvalue weighted by Crippen LogP contribution is 2.24. The highest BCUT2D eigenvalue weighted by molar-refractivity contribution is 5.97. The Kier molecular flexibility index (Phi) is 3.51. The molecule has 1 N–H and O–H groups in total. The SMILES string of the molecule is CC(C)=CCCC(=O)c1cc2cc(O)ccc2o1. The number of Topliss-reactive ketones (excluding diaryl/α,β-unsaturated/α-hetero) is 1. The van der Waals surface area contributed by atoms with Crippen LogP contribution in [-0.2, 0) is 0 Å². The molecule has 0 aliphatic carbocycles. The molecular weight excluding hydrogens is 228 g/mol. The van der Waals surface area contributed by atoms with Gasteiger partial charge >= 0.3 is 0 Å². The van der Waals surface area contributed by atoms with Gasteiger partial charge in [-0.3, -0.25) is 4.79 Å². The fourth-order valence-corrected chi connectivity index (χ4v) is 1.78. The van der Waals surface area contributed by atoms with Crippen LogP contribution in [0.25, 0.3) is 11.0 Å². The van der Waals surface area contributed by atoms with Crippen LogP contribution in [0.2, 0.25) is 0 Å². The van der Waals surface area contributed by atoms with E-state index in [-0.39, 0.29) is 11.5 Å². The number of hydrogen-bond acceptors (Lipinski definition) is 3. The number of phenols is 1. The molecule has 0 aliphatic heterocycles. The number of fused-ring (bicyclic) bond motifs is 1. The summed E-state index contributed by atoms with van der Waals surface area (Å²) in [4.78, 5) is 11.9. The minimum atomic E-state index is -0.0109. The molecule has 2 rings (SSSR count). The fraction of sp³-hybridized carbons (Fsp3) is 0.267. The maximum absolute atomic E-state index is 11.9. The summed E-state index contributed by atoms with van der Waals surface area (Å²) in [6.45, 7) is 4.02. The summed E-state index contributed by atoms with van der Waals surface area (Å²) in [5, 5.41) is 10.1. The van der Waals surface area contributed by atoms with Gasteiger partial charge in [0, 0.05) is 11.8 Å². The molecule has 0 fully saturated rings. The lowest BCUT2D eigenvalue weighted by Crippen LogP contribution is -1.95. The molecule has 0 amide bonds. The summed E-state index contributed by atoms with van der Waals surface area (Å²) < 4.78 is 5.46. The van der Waals surface area contributed by atoms with Crippen molar-refractivity contribution in [2.24, 2.45) is 0 Å². The van der Waals surface area contributed by atoms with Crippen molar-refractivity contribution in [3.63, 3.8) is 0 Å². The summed E-state index contributed by atoms with van der Waals surface area (Å²) >= 11 is 0. The Hall–Kier alpha value is -2.03. The maximum atomic E-state index is 11.9. The lowest BCUT2D eigenvalue weighted by Gasteiger charge is -1.94. The standard InChI is InChI=1S/C15H16O3/c1-10(2)4-3-5-13(17)15-9-11-8-12(16)6-7-14(11)18-15/h4,6-9,16H,3,5H2,1-2H3. The van der Waals surface area contributed by atoms with Crippen LogP contribution in [0.15, 0.2) is 40.3 Å². The number of aromatic hydroxyl groups is 1. The number of allylic oxidation sites excluding steroid dienone is 2. The predicted molar refractivity (Wildman–Crippen MR) is 70.9 cm³/mol. The van der Waals surface area contributed by atoms with E-state index in [4.69, 9.17) is 4.42 Å². The molecule has 0 saturated carbocycles. The van der Waals surface area contributed by atoms with E-state index in [0.717, 1.165) is 11.8 Å². The van der Waals surface area contributed by atoms with Crippen molar-refractivity contribution in [2.45, 2.75) is 26.7 Å². The van der Waals surface area contributed by atoms with Gasteiger partial charge in [-0.1, -0.05) is 11.6 Å². The second-order valence-corrected chi connectivity index (χ2v) is 4.58. The van der Waals surface area contributed by atoms with E-state index in [1.165, 1.54) is 5.57 Å². The molecule has 0 spiro atoms. The van der Waals surface area contributed by atoms with E-state index in [1.54, 1.807) is 24.3 Å². The molecule has 3 nitrogen and oxygen atoms in total. The molecule has 2 aromatic rings. The summed E-state index contributed by atoms with van der Waals surface area (Å²) in [6.07, 6.45) is 3.20. The van der Waals surface area contributed by atoms with Crippen molar-refractivity contribution in [3.8, 4) is 5.75 Å². The zero-order chi connectivity index (χ0) is 13.1. The monoisotopic (exact) mass is 244 g/mol. The fourth-order valence-electron chi connectivity index (χ4n) is 1.78. The number of rotatable bonds is 4. The normalized spacial score (nSPS) is 10.6. The van der Waals surface area contributed by atoms with Crippen LogP contribution < -0.4 is 0 Å². The van der Waals surface area contributed by atoms with Crippen LogP contribution in [-0.4, -0.2) is 10.9 Å². The number of ketones is 1. The second kappa shape index (κ2) is 5.08. The second-order valence-electron chi connectivity index (χ2n) is 4.58. The van der Waals surface area contributed by atoms with Gasteiger partial charge in [-0.25, -0.2) is 0 Å². The number of carbonyl (C=O) groups is 1. The number of benzene rings is 1. The van der Waals surface area contributed by atoms with E-state index in [2.05, 4.69) is 0 Å². The number of hydrogen-bond donors (Lipinski definition) is 1. The molecule has 0 radical (unpaired) electrons. The summed E-state index contributed by atoms with van der Waals surface area (Å²) in [6, 6.07) is 6.48. The van der Waals surface area contributed by atoms with Crippen LogP contribution in [0.3, 0.4) is 0 Å². The molecular formula is C15H16O3. The van der Waals surface area contributed by atoms with Crippen molar-refractivity contribution < 1.29 is 14.3 Å². The first-order chi connectivity index (χ1) is 8.56. The molecule has 18 heavy (non-hydrogen) atoms. The van der Waals surface area contributed by atoms with E-state index in [0.29, 0.717) is 17.8 Å². The first kappa shape index (κ1) is 12.4. The van der Waals surface area contributed by atoms with E-state index >= 15 is 0 Å². The van der Waals surface area contributed by atoms with Gasteiger partial charge in [0.15, 0.2) is 11.5 Å². The minimum Gasteiger partial charge on any atom is -0.508 e. The van der Waals surface area contributed by atoms with Gasteiger partial charge in [0.1, 0.15) is 11.3 Å². The molecule has 0 bridgehead atoms. The van der Waals surface area contributed by atoms with Gasteiger partial charge in [-0.05, 0) is 44.5 Å². The molecule has 3 heteroatoms. The average Bonchev–Trinajstić information content (AvgIpc) is 2.71. The maximum Gasteiger partial charge on any atom is 0.198 e. The highest BCUT2D eigenvalue weighted by Gasteiger charge is 2.11. The Morgan fingerprint density at radius 3 is 2.83 bits per heavy atom. The van der Waals surface area contributed by atoms with E-state index in [9.17, 15) is 9.90 Å². The van der Waals surface area contributed by atoms with Crippen LogP contribution in [0.5, 0.6) is 5.75 Å². The Morgan fingerprint density at radius 2 is 2.11 bits per heavy atom. The zero-order valence-corrected chi connectivity index (χ0v) is 10.6. The van der Waals surface area contributed by atoms with Gasteiger partial charge in [-0.15, -0.1) is 0 Å². The highest BCUT2D eigenvalue weighted by atomic mass is 16.3. The van der Waals surface area contributed by atoms with Gasteiger partial charge in [0.25, 0.3) is 0 Å². The lowest BCUT2D eigenvalue weighted by molar-refractivity contribution is 0.0959. The third-order valence-corrected chi connectivity index (χ3v) is 2.70. The van der Waals surface area contributed by atoms with Crippen LogP contribution in [0.4, 0.5) is 0 Å². The van der Waals surface area contributed by atoms with E-state index in [1.807, 2.05) is 19.9 Å². The van der Waals surface area contributed by atoms with Crippen molar-refractivity contribution in [3.05, 3.63) is 41.7 Å². The molecule has 1 aromatic carbocycles. The third-order valence-electron chi connectivity index (χ3n) is 2.70. The Bertz CT molecular complexity index is 601. The quantitative estimate of drug-likeness (QED) is 0.651. The summed E-state index contributed by atoms with van der Waals surface area (Å²) in [7, 11) is 0. The lowest BCUT2D eigenvalue weighted by atomic mass is 10.1. The van der Waals surface area contributed by atoms with Crippen LogP contribution >= 0.6 is 0 Å². The van der Waals surface area contributed by atoms with E-state index < -0.39 is 0 Å². The molecule has 0 aliphatic rings.